The molecule has 3 heteroatoms. The molecule has 1 unspecified atom stereocenters. The monoisotopic (exact) mass is 207 g/mol. The molecule has 74 valence electrons. The summed E-state index contributed by atoms with van der Waals surface area (Å²) in [6, 6.07) is 6.13. The average Bonchev–Trinajstić information content (AvgIpc) is 2.60. The lowest BCUT2D eigenvalue weighted by Gasteiger charge is -1.99. The molecule has 2 aromatic rings. The summed E-state index contributed by atoms with van der Waals surface area (Å²) in [7, 11) is -0.914. The molecule has 0 aliphatic carbocycles. The molecule has 1 aromatic heterocycles. The fraction of sp³-hybridized carbons (Fsp3) is 0.273. The molecule has 1 heterocycles. The minimum atomic E-state index is -0.914. The number of aromatic amines is 1. The maximum absolute atomic E-state index is 11.4. The molecule has 14 heavy (non-hydrogen) atoms. The van der Waals surface area contributed by atoms with Crippen molar-refractivity contribution in [2.24, 2.45) is 0 Å². The Balaban J connectivity index is 2.75. The van der Waals surface area contributed by atoms with Gasteiger partial charge < -0.3 is 4.98 Å². The number of hydrogen-bond donors (Lipinski definition) is 1. The van der Waals surface area contributed by atoms with E-state index < -0.39 is 10.8 Å². The second-order valence-corrected chi connectivity index (χ2v) is 4.65. The number of fused-ring (bicyclic) bond motifs is 1. The summed E-state index contributed by atoms with van der Waals surface area (Å²) in [5.74, 6) is 0. The zero-order valence-electron chi connectivity index (χ0n) is 8.33. The molecule has 0 amide bonds. The van der Waals surface area contributed by atoms with Gasteiger partial charge >= 0.3 is 0 Å². The molecule has 0 spiro atoms. The normalized spacial score (nSPS) is 13.3. The van der Waals surface area contributed by atoms with Gasteiger partial charge in [0.1, 0.15) is 0 Å². The van der Waals surface area contributed by atoms with Crippen molar-refractivity contribution in [3.8, 4) is 0 Å². The van der Waals surface area contributed by atoms with Crippen LogP contribution in [0.1, 0.15) is 12.5 Å². The number of hydrogen-bond acceptors (Lipinski definition) is 1. The highest BCUT2D eigenvalue weighted by Gasteiger charge is 2.08. The molecule has 0 radical (unpaired) electrons. The second kappa shape index (κ2) is 3.58. The molecule has 2 nitrogen and oxygen atoms in total. The molecular formula is C11H13NOS. The lowest BCUT2D eigenvalue weighted by atomic mass is 10.1. The van der Waals surface area contributed by atoms with E-state index in [1.54, 1.807) is 6.26 Å². The number of para-hydroxylation sites is 1. The maximum Gasteiger partial charge on any atom is 0.0638 e. The molecule has 1 atom stereocenters. The Morgan fingerprint density at radius 1 is 1.43 bits per heavy atom. The minimum absolute atomic E-state index is 0.898. The van der Waals surface area contributed by atoms with Crippen molar-refractivity contribution in [1.82, 2.24) is 4.98 Å². The first-order valence-electron chi connectivity index (χ1n) is 4.66. The molecule has 1 N–H and O–H groups in total. The van der Waals surface area contributed by atoms with E-state index in [4.69, 9.17) is 0 Å². The highest BCUT2D eigenvalue weighted by Crippen LogP contribution is 2.23. The van der Waals surface area contributed by atoms with Crippen LogP contribution in [0.2, 0.25) is 0 Å². The fourth-order valence-corrected chi connectivity index (χ4v) is 2.43. The topological polar surface area (TPSA) is 32.9 Å². The van der Waals surface area contributed by atoms with Gasteiger partial charge in [-0.3, -0.25) is 4.21 Å². The van der Waals surface area contributed by atoms with E-state index in [9.17, 15) is 4.21 Å². The van der Waals surface area contributed by atoms with Crippen LogP contribution in [0.4, 0.5) is 0 Å². The molecule has 0 bridgehead atoms. The van der Waals surface area contributed by atoms with Gasteiger partial charge in [0.15, 0.2) is 0 Å². The largest absolute Gasteiger partial charge is 0.360 e. The number of aromatic nitrogens is 1. The van der Waals surface area contributed by atoms with Gasteiger partial charge in [0.2, 0.25) is 0 Å². The van der Waals surface area contributed by atoms with Crippen molar-refractivity contribution < 1.29 is 4.21 Å². The summed E-state index contributed by atoms with van der Waals surface area (Å²) < 4.78 is 11.4. The highest BCUT2D eigenvalue weighted by atomic mass is 32.2. The first-order chi connectivity index (χ1) is 6.74. The van der Waals surface area contributed by atoms with E-state index in [1.165, 1.54) is 5.56 Å². The summed E-state index contributed by atoms with van der Waals surface area (Å²) in [6.45, 7) is 2.12. The Morgan fingerprint density at radius 2 is 2.21 bits per heavy atom. The fourth-order valence-electron chi connectivity index (χ4n) is 1.72. The number of benzene rings is 1. The number of rotatable bonds is 2. The molecule has 0 saturated carbocycles. The molecule has 0 aliphatic heterocycles. The van der Waals surface area contributed by atoms with Gasteiger partial charge in [0, 0.05) is 23.4 Å². The van der Waals surface area contributed by atoms with Crippen LogP contribution in [-0.4, -0.2) is 15.4 Å². The van der Waals surface area contributed by atoms with E-state index in [2.05, 4.69) is 18.0 Å². The SMILES string of the molecule is CCc1cccc2c(S(C)=O)c[nH]c12. The molecule has 0 fully saturated rings. The number of H-pyrrole nitrogens is 1. The Kier molecular flexibility index (Phi) is 2.42. The van der Waals surface area contributed by atoms with Crippen LogP contribution >= 0.6 is 0 Å². The summed E-state index contributed by atoms with van der Waals surface area (Å²) in [5, 5.41) is 1.09. The first-order valence-corrected chi connectivity index (χ1v) is 6.22. The summed E-state index contributed by atoms with van der Waals surface area (Å²) in [5.41, 5.74) is 2.40. The summed E-state index contributed by atoms with van der Waals surface area (Å²) in [6.07, 6.45) is 4.55. The van der Waals surface area contributed by atoms with Crippen molar-refractivity contribution in [3.05, 3.63) is 30.0 Å². The molecular weight excluding hydrogens is 194 g/mol. The first kappa shape index (κ1) is 9.46. The Hall–Kier alpha value is -1.09. The van der Waals surface area contributed by atoms with Crippen molar-refractivity contribution in [2.75, 3.05) is 6.26 Å². The van der Waals surface area contributed by atoms with Gasteiger partial charge in [-0.25, -0.2) is 0 Å². The minimum Gasteiger partial charge on any atom is -0.360 e. The van der Waals surface area contributed by atoms with E-state index >= 15 is 0 Å². The Morgan fingerprint density at radius 3 is 2.86 bits per heavy atom. The van der Waals surface area contributed by atoms with Crippen LogP contribution in [0.3, 0.4) is 0 Å². The average molecular weight is 207 g/mol. The van der Waals surface area contributed by atoms with E-state index in [1.807, 2.05) is 18.3 Å². The third-order valence-electron chi connectivity index (χ3n) is 2.45. The van der Waals surface area contributed by atoms with Gasteiger partial charge in [-0.2, -0.15) is 0 Å². The van der Waals surface area contributed by atoms with E-state index in [0.717, 1.165) is 22.2 Å². The Labute approximate surface area is 85.8 Å². The molecule has 2 rings (SSSR count). The number of aryl methyl sites for hydroxylation is 1. The Bertz CT molecular complexity index is 487. The van der Waals surface area contributed by atoms with Gasteiger partial charge in [-0.05, 0) is 12.0 Å². The second-order valence-electron chi connectivity index (χ2n) is 3.30. The van der Waals surface area contributed by atoms with Crippen molar-refractivity contribution >= 4 is 21.7 Å². The standard InChI is InChI=1S/C11H13NOS/c1-3-8-5-4-6-9-10(14(2)13)7-12-11(8)9/h4-7,12H,3H2,1-2H3. The predicted octanol–water partition coefficient (Wildman–Crippen LogP) is 2.47. The van der Waals surface area contributed by atoms with Crippen molar-refractivity contribution in [3.63, 3.8) is 0 Å². The summed E-state index contributed by atoms with van der Waals surface area (Å²) in [4.78, 5) is 4.09. The third-order valence-corrected chi connectivity index (χ3v) is 3.41. The van der Waals surface area contributed by atoms with Gasteiger partial charge in [0.05, 0.1) is 15.7 Å². The van der Waals surface area contributed by atoms with Crippen LogP contribution in [0, 0.1) is 0 Å². The van der Waals surface area contributed by atoms with E-state index in [0.29, 0.717) is 0 Å². The maximum atomic E-state index is 11.4. The van der Waals surface area contributed by atoms with Crippen molar-refractivity contribution in [1.29, 1.82) is 0 Å². The van der Waals surface area contributed by atoms with Crippen LogP contribution in [0.25, 0.3) is 10.9 Å². The van der Waals surface area contributed by atoms with Gasteiger partial charge in [-0.1, -0.05) is 25.1 Å². The lowest BCUT2D eigenvalue weighted by molar-refractivity contribution is 0.687. The molecule has 0 saturated heterocycles. The number of nitrogens with one attached hydrogen (secondary N) is 1. The third kappa shape index (κ3) is 1.38. The molecule has 1 aromatic carbocycles. The zero-order valence-corrected chi connectivity index (χ0v) is 9.15. The molecule has 0 aliphatic rings. The van der Waals surface area contributed by atoms with Gasteiger partial charge in [0.25, 0.3) is 0 Å². The highest BCUT2D eigenvalue weighted by molar-refractivity contribution is 7.84. The smallest absolute Gasteiger partial charge is 0.0638 e. The van der Waals surface area contributed by atoms with Crippen LogP contribution < -0.4 is 0 Å². The van der Waals surface area contributed by atoms with Crippen LogP contribution in [0.5, 0.6) is 0 Å². The predicted molar refractivity (Wildman–Crippen MR) is 60.0 cm³/mol. The zero-order chi connectivity index (χ0) is 10.1. The van der Waals surface area contributed by atoms with Crippen LogP contribution in [-0.2, 0) is 17.2 Å². The van der Waals surface area contributed by atoms with Gasteiger partial charge in [-0.15, -0.1) is 0 Å². The quantitative estimate of drug-likeness (QED) is 0.806. The van der Waals surface area contributed by atoms with E-state index in [-0.39, 0.29) is 0 Å². The van der Waals surface area contributed by atoms with Crippen molar-refractivity contribution in [2.45, 2.75) is 18.2 Å². The summed E-state index contributed by atoms with van der Waals surface area (Å²) >= 11 is 0. The lowest BCUT2D eigenvalue weighted by Crippen LogP contribution is -1.85. The van der Waals surface area contributed by atoms with Crippen LogP contribution in [0.15, 0.2) is 29.3 Å².